The van der Waals surface area contributed by atoms with Gasteiger partial charge in [0.25, 0.3) is 5.91 Å². The number of likely N-dealkylation sites (tertiary alicyclic amines) is 2. The second-order valence-electron chi connectivity index (χ2n) is 18.1. The standard InChI is InChI=1S/C35H56N6O7/c1-12-18-13-35(18,26(44)27(36)45)39-28(46)24-23-19(34(23,10)11)16-41(24)29(47)25(32(5,6)7)38-30(48)37-20(31(2,3)4)17-40-21(42)14-33(8,9)15-22(40)43/h18-20,23-25H,12-17H2,1-11H3,(H2,36,45)(H,39,46)(H2,37,38,48)/t18-,19?,20+,23?,24-,25-,35?/m0/s1. The Bertz CT molecular complexity index is 1390. The number of piperidine rings is 2. The fourth-order valence-electron chi connectivity index (χ4n) is 7.92. The maximum Gasteiger partial charge on any atom is 0.315 e. The highest BCUT2D eigenvalue weighted by Gasteiger charge is 2.71. The minimum absolute atomic E-state index is 0.00383. The maximum absolute atomic E-state index is 14.4. The Morgan fingerprint density at radius 1 is 0.917 bits per heavy atom. The average Bonchev–Trinajstić information content (AvgIpc) is 3.68. The van der Waals surface area contributed by atoms with E-state index in [0.29, 0.717) is 19.4 Å². The number of nitrogens with zero attached hydrogens (tertiary/aromatic N) is 2. The highest BCUT2D eigenvalue weighted by atomic mass is 16.2. The molecule has 2 heterocycles. The summed E-state index contributed by atoms with van der Waals surface area (Å²) in [5.41, 5.74) is 2.02. The minimum atomic E-state index is -1.36. The number of carbonyl (C=O) groups excluding carboxylic acids is 7. The molecule has 2 aliphatic heterocycles. The highest BCUT2D eigenvalue weighted by Crippen LogP contribution is 2.65. The summed E-state index contributed by atoms with van der Waals surface area (Å²) < 4.78 is 0. The third-order valence-electron chi connectivity index (χ3n) is 11.3. The van der Waals surface area contributed by atoms with Crippen LogP contribution in [0.25, 0.3) is 0 Å². The van der Waals surface area contributed by atoms with Crippen LogP contribution >= 0.6 is 0 Å². The third-order valence-corrected chi connectivity index (χ3v) is 11.3. The van der Waals surface area contributed by atoms with Crippen LogP contribution in [-0.4, -0.2) is 87.9 Å². The van der Waals surface area contributed by atoms with Crippen LogP contribution in [-0.2, 0) is 28.8 Å². The summed E-state index contributed by atoms with van der Waals surface area (Å²) >= 11 is 0. The molecule has 3 unspecified atom stereocenters. The smallest absolute Gasteiger partial charge is 0.315 e. The van der Waals surface area contributed by atoms with Crippen LogP contribution < -0.4 is 21.7 Å². The second-order valence-corrected chi connectivity index (χ2v) is 18.1. The Balaban J connectivity index is 1.54. The predicted octanol–water partition coefficient (Wildman–Crippen LogP) is 2.11. The second kappa shape index (κ2) is 12.1. The van der Waals surface area contributed by atoms with Gasteiger partial charge in [0.2, 0.25) is 29.4 Å². The van der Waals surface area contributed by atoms with E-state index < -0.39 is 69.4 Å². The van der Waals surface area contributed by atoms with Crippen LogP contribution in [0.15, 0.2) is 0 Å². The van der Waals surface area contributed by atoms with Crippen molar-refractivity contribution in [1.29, 1.82) is 0 Å². The van der Waals surface area contributed by atoms with Gasteiger partial charge in [-0.05, 0) is 45.8 Å². The minimum Gasteiger partial charge on any atom is -0.363 e. The summed E-state index contributed by atoms with van der Waals surface area (Å²) in [5, 5.41) is 8.62. The molecule has 2 saturated heterocycles. The number of fused-ring (bicyclic) bond motifs is 1. The molecule has 268 valence electrons. The molecule has 0 radical (unpaired) electrons. The van der Waals surface area contributed by atoms with Crippen molar-refractivity contribution in [3.63, 3.8) is 0 Å². The normalized spacial score (nSPS) is 30.1. The monoisotopic (exact) mass is 672 g/mol. The molecule has 5 N–H and O–H groups in total. The molecule has 4 aliphatic rings. The first-order valence-electron chi connectivity index (χ1n) is 17.2. The SMILES string of the molecule is CC[C@H]1CC1(NC(=O)[C@@H]1C2C(CN1C(=O)[C@H](NC(=O)N[C@H](CN1C(=O)CC(C)(C)CC1=O)C(C)(C)C)C(C)(C)C)C2(C)C)C(=O)C(N)=O. The van der Waals surface area contributed by atoms with Gasteiger partial charge in [0.1, 0.15) is 17.6 Å². The first kappa shape index (κ1) is 37.3. The van der Waals surface area contributed by atoms with Gasteiger partial charge in [-0.2, -0.15) is 0 Å². The van der Waals surface area contributed by atoms with Crippen LogP contribution in [0.2, 0.25) is 0 Å². The number of nitrogens with one attached hydrogen (secondary N) is 3. The van der Waals surface area contributed by atoms with E-state index in [1.165, 1.54) is 9.80 Å². The number of carbonyl (C=O) groups is 7. The van der Waals surface area contributed by atoms with Crippen molar-refractivity contribution < 1.29 is 33.6 Å². The van der Waals surface area contributed by atoms with E-state index in [-0.39, 0.29) is 54.4 Å². The lowest BCUT2D eigenvalue weighted by atomic mass is 9.80. The largest absolute Gasteiger partial charge is 0.363 e. The average molecular weight is 673 g/mol. The number of Topliss-reactive ketones (excluding diaryl/α,β-unsaturated/α-hetero) is 1. The van der Waals surface area contributed by atoms with E-state index >= 15 is 0 Å². The van der Waals surface area contributed by atoms with E-state index in [1.807, 2.05) is 76.2 Å². The van der Waals surface area contributed by atoms with Gasteiger partial charge in [-0.25, -0.2) is 4.79 Å². The molecule has 2 saturated carbocycles. The van der Waals surface area contributed by atoms with Gasteiger partial charge >= 0.3 is 6.03 Å². The van der Waals surface area contributed by atoms with Gasteiger partial charge in [0, 0.05) is 25.9 Å². The fourth-order valence-corrected chi connectivity index (χ4v) is 7.92. The van der Waals surface area contributed by atoms with Crippen LogP contribution in [0.3, 0.4) is 0 Å². The molecule has 0 bridgehead atoms. The zero-order valence-electron chi connectivity index (χ0n) is 30.5. The van der Waals surface area contributed by atoms with Gasteiger partial charge < -0.3 is 26.6 Å². The molecule has 0 aromatic heterocycles. The number of imide groups is 1. The number of urea groups is 1. The van der Waals surface area contributed by atoms with E-state index in [2.05, 4.69) is 16.0 Å². The summed E-state index contributed by atoms with van der Waals surface area (Å²) in [5.74, 6) is -3.79. The lowest BCUT2D eigenvalue weighted by molar-refractivity contribution is -0.153. The van der Waals surface area contributed by atoms with Crippen molar-refractivity contribution in [2.45, 2.75) is 126 Å². The molecule has 7 amide bonds. The van der Waals surface area contributed by atoms with Gasteiger partial charge in [-0.1, -0.05) is 82.6 Å². The van der Waals surface area contributed by atoms with E-state index in [0.717, 1.165) is 0 Å². The number of primary amides is 1. The van der Waals surface area contributed by atoms with E-state index in [4.69, 9.17) is 5.73 Å². The molecular weight excluding hydrogens is 616 g/mol. The van der Waals surface area contributed by atoms with Crippen LogP contribution in [0.4, 0.5) is 4.79 Å². The molecule has 13 nitrogen and oxygen atoms in total. The Hall–Kier alpha value is -3.51. The Morgan fingerprint density at radius 2 is 1.48 bits per heavy atom. The zero-order valence-corrected chi connectivity index (χ0v) is 30.5. The molecular formula is C35H56N6O7. The number of hydrogen-bond acceptors (Lipinski definition) is 7. The molecule has 0 aromatic rings. The molecule has 0 aromatic carbocycles. The number of amides is 7. The predicted molar refractivity (Wildman–Crippen MR) is 178 cm³/mol. The van der Waals surface area contributed by atoms with Crippen LogP contribution in [0, 0.1) is 39.4 Å². The quantitative estimate of drug-likeness (QED) is 0.202. The number of nitrogens with two attached hydrogens (primary N) is 1. The number of hydrogen-bond donors (Lipinski definition) is 4. The van der Waals surface area contributed by atoms with E-state index in [1.54, 1.807) is 0 Å². The number of rotatable bonds is 10. The number of ketones is 1. The summed E-state index contributed by atoms with van der Waals surface area (Å²) in [6.07, 6.45) is 1.33. The third kappa shape index (κ3) is 6.96. The summed E-state index contributed by atoms with van der Waals surface area (Å²) in [7, 11) is 0. The zero-order chi connectivity index (χ0) is 36.5. The molecule has 48 heavy (non-hydrogen) atoms. The van der Waals surface area contributed by atoms with Crippen molar-refractivity contribution in [2.24, 2.45) is 45.1 Å². The first-order valence-corrected chi connectivity index (χ1v) is 17.2. The molecule has 13 heteroatoms. The fraction of sp³-hybridized carbons (Fsp3) is 0.800. The highest BCUT2D eigenvalue weighted by molar-refractivity contribution is 6.40. The Kier molecular flexibility index (Phi) is 9.42. The summed E-state index contributed by atoms with van der Waals surface area (Å²) in [4.78, 5) is 95.3. The molecule has 2 aliphatic carbocycles. The Morgan fingerprint density at radius 3 is 1.94 bits per heavy atom. The first-order chi connectivity index (χ1) is 21.8. The lowest BCUT2D eigenvalue weighted by Crippen LogP contribution is -2.63. The van der Waals surface area contributed by atoms with Crippen molar-refractivity contribution in [2.75, 3.05) is 13.1 Å². The van der Waals surface area contributed by atoms with Gasteiger partial charge in [-0.15, -0.1) is 0 Å². The Labute approximate surface area is 284 Å². The molecule has 4 fully saturated rings. The van der Waals surface area contributed by atoms with Crippen LogP contribution in [0.1, 0.15) is 102 Å². The maximum atomic E-state index is 14.4. The van der Waals surface area contributed by atoms with Crippen molar-refractivity contribution in [3.8, 4) is 0 Å². The van der Waals surface area contributed by atoms with Gasteiger partial charge in [-0.3, -0.25) is 33.7 Å². The van der Waals surface area contributed by atoms with Crippen molar-refractivity contribution in [1.82, 2.24) is 25.8 Å². The van der Waals surface area contributed by atoms with Gasteiger partial charge in [0.15, 0.2) is 0 Å². The molecule has 4 rings (SSSR count). The van der Waals surface area contributed by atoms with Gasteiger partial charge in [0.05, 0.1) is 6.04 Å². The van der Waals surface area contributed by atoms with Crippen molar-refractivity contribution in [3.05, 3.63) is 0 Å². The molecule has 0 spiro atoms. The lowest BCUT2D eigenvalue weighted by Gasteiger charge is -2.41. The van der Waals surface area contributed by atoms with E-state index in [9.17, 15) is 33.6 Å². The van der Waals surface area contributed by atoms with Crippen molar-refractivity contribution >= 4 is 41.4 Å². The molecule has 7 atom stereocenters. The summed E-state index contributed by atoms with van der Waals surface area (Å²) in [6.45, 7) is 21.1. The topological polar surface area (TPSA) is 188 Å². The summed E-state index contributed by atoms with van der Waals surface area (Å²) in [6, 6.07) is -3.20. The van der Waals surface area contributed by atoms with Crippen LogP contribution in [0.5, 0.6) is 0 Å².